The molecule has 4 aromatic rings. The molecule has 1 saturated heterocycles. The quantitative estimate of drug-likeness (QED) is 0.173. The number of carbonyl (C=O) groups is 1. The van der Waals surface area contributed by atoms with Gasteiger partial charge in [-0.05, 0) is 55.6 Å². The monoisotopic (exact) mass is 493 g/mol. The van der Waals surface area contributed by atoms with Gasteiger partial charge in [0.05, 0.1) is 12.8 Å². The molecular weight excluding hydrogens is 465 g/mol. The Balaban J connectivity index is 1.12. The smallest absolute Gasteiger partial charge is 0.437 e. The summed E-state index contributed by atoms with van der Waals surface area (Å²) in [6.07, 6.45) is 4.37. The van der Waals surface area contributed by atoms with Gasteiger partial charge in [0.25, 0.3) is 0 Å². The Morgan fingerprint density at radius 2 is 1.86 bits per heavy atom. The van der Waals surface area contributed by atoms with Crippen LogP contribution in [0.3, 0.4) is 0 Å². The number of unbranched alkanes of at least 4 members (excludes halogenated alkanes) is 1. The van der Waals surface area contributed by atoms with Crippen LogP contribution in [-0.4, -0.2) is 55.9 Å². The largest absolute Gasteiger partial charge is 0.513 e. The van der Waals surface area contributed by atoms with Crippen molar-refractivity contribution in [1.29, 1.82) is 0 Å². The zero-order chi connectivity index (χ0) is 25.1. The summed E-state index contributed by atoms with van der Waals surface area (Å²) in [5.41, 5.74) is 2.79. The third-order valence-electron chi connectivity index (χ3n) is 6.67. The molecule has 3 heterocycles. The van der Waals surface area contributed by atoms with Crippen molar-refractivity contribution in [3.05, 3.63) is 70.5 Å². The summed E-state index contributed by atoms with van der Waals surface area (Å²) in [6.45, 7) is 4.41. The Hall–Kier alpha value is -3.85. The number of H-pyrrole nitrogens is 1. The molecule has 188 valence electrons. The number of ether oxygens (including phenoxy) is 2. The minimum atomic E-state index is -0.736. The molecule has 1 aliphatic rings. The second-order valence-electron chi connectivity index (χ2n) is 8.95. The molecule has 9 heteroatoms. The molecule has 0 saturated carbocycles. The molecule has 0 amide bonds. The zero-order valence-electron chi connectivity index (χ0n) is 20.1. The van der Waals surface area contributed by atoms with Gasteiger partial charge in [-0.15, -0.1) is 0 Å². The van der Waals surface area contributed by atoms with Crippen molar-refractivity contribution in [1.82, 2.24) is 9.88 Å². The summed E-state index contributed by atoms with van der Waals surface area (Å²) >= 11 is 0. The maximum atomic E-state index is 13.6. The maximum Gasteiger partial charge on any atom is 0.513 e. The van der Waals surface area contributed by atoms with Crippen LogP contribution in [0.2, 0.25) is 0 Å². The molecule has 0 aliphatic carbocycles. The van der Waals surface area contributed by atoms with E-state index in [4.69, 9.17) is 9.15 Å². The predicted octanol–water partition coefficient (Wildman–Crippen LogP) is 4.70. The third-order valence-corrected chi connectivity index (χ3v) is 6.67. The van der Waals surface area contributed by atoms with Crippen molar-refractivity contribution in [3.8, 4) is 5.75 Å². The first kappa shape index (κ1) is 23.9. The topological polar surface area (TPSA) is 88.0 Å². The van der Waals surface area contributed by atoms with Gasteiger partial charge < -0.3 is 23.8 Å². The van der Waals surface area contributed by atoms with Crippen LogP contribution >= 0.6 is 0 Å². The number of carbonyl (C=O) groups excluding carboxylic acids is 1. The average Bonchev–Trinajstić information content (AvgIpc) is 3.28. The first-order valence-electron chi connectivity index (χ1n) is 12.1. The van der Waals surface area contributed by atoms with Crippen molar-refractivity contribution in [3.63, 3.8) is 0 Å². The molecule has 0 bridgehead atoms. The van der Waals surface area contributed by atoms with Gasteiger partial charge in [-0.25, -0.2) is 14.0 Å². The highest BCUT2D eigenvalue weighted by atomic mass is 19.1. The predicted molar refractivity (Wildman–Crippen MR) is 135 cm³/mol. The van der Waals surface area contributed by atoms with E-state index in [1.807, 2.05) is 12.3 Å². The van der Waals surface area contributed by atoms with E-state index in [2.05, 4.69) is 19.5 Å². The molecule has 0 unspecified atom stereocenters. The van der Waals surface area contributed by atoms with Gasteiger partial charge in [0, 0.05) is 66.9 Å². The molecule has 0 radical (unpaired) electrons. The molecule has 2 aromatic carbocycles. The van der Waals surface area contributed by atoms with Crippen LogP contribution in [0.4, 0.5) is 14.9 Å². The number of benzene rings is 2. The summed E-state index contributed by atoms with van der Waals surface area (Å²) in [4.78, 5) is 31.2. The number of methoxy groups -OCH3 is 1. The van der Waals surface area contributed by atoms with Crippen molar-refractivity contribution < 1.29 is 23.1 Å². The lowest BCUT2D eigenvalue weighted by molar-refractivity contribution is 0.121. The van der Waals surface area contributed by atoms with E-state index in [9.17, 15) is 14.0 Å². The van der Waals surface area contributed by atoms with E-state index < -0.39 is 17.6 Å². The molecular formula is C27H28FN3O5. The highest BCUT2D eigenvalue weighted by Gasteiger charge is 2.20. The number of nitrogens with one attached hydrogen (secondary N) is 1. The summed E-state index contributed by atoms with van der Waals surface area (Å²) < 4.78 is 28.4. The fourth-order valence-electron chi connectivity index (χ4n) is 4.82. The highest BCUT2D eigenvalue weighted by Crippen LogP contribution is 2.27. The minimum absolute atomic E-state index is 0.282. The van der Waals surface area contributed by atoms with Crippen molar-refractivity contribution in [2.75, 3.05) is 44.7 Å². The van der Waals surface area contributed by atoms with E-state index in [0.29, 0.717) is 5.75 Å². The molecule has 8 nitrogen and oxygen atoms in total. The Morgan fingerprint density at radius 1 is 1.06 bits per heavy atom. The number of piperazine rings is 1. The van der Waals surface area contributed by atoms with Gasteiger partial charge in [0.1, 0.15) is 17.1 Å². The Labute approximate surface area is 207 Å². The lowest BCUT2D eigenvalue weighted by Crippen LogP contribution is -2.46. The molecule has 1 N–H and O–H groups in total. The van der Waals surface area contributed by atoms with Crippen LogP contribution in [0.15, 0.2) is 57.9 Å². The molecule has 0 spiro atoms. The molecule has 2 aromatic heterocycles. The average molecular weight is 494 g/mol. The zero-order valence-corrected chi connectivity index (χ0v) is 20.1. The summed E-state index contributed by atoms with van der Waals surface area (Å²) in [7, 11) is 1.28. The molecule has 36 heavy (non-hydrogen) atoms. The second kappa shape index (κ2) is 10.4. The number of aryl methyl sites for hydroxylation is 1. The van der Waals surface area contributed by atoms with Crippen LogP contribution in [0, 0.1) is 5.82 Å². The number of aromatic amines is 1. The van der Waals surface area contributed by atoms with E-state index in [0.717, 1.165) is 74.0 Å². The normalized spacial score (nSPS) is 14.4. The SMILES string of the molecule is COC(=O)Oc1ccc2c(CCCCN3CCN(c4cc(=O)oc5cc(F)ccc45)CC3)c[nH]c2c1. The number of rotatable bonds is 7. The molecule has 1 fully saturated rings. The Bertz CT molecular complexity index is 1440. The number of aromatic nitrogens is 1. The molecule has 5 rings (SSSR count). The lowest BCUT2D eigenvalue weighted by Gasteiger charge is -2.36. The summed E-state index contributed by atoms with van der Waals surface area (Å²) in [5, 5.41) is 1.88. The van der Waals surface area contributed by atoms with Gasteiger partial charge in [-0.2, -0.15) is 0 Å². The van der Waals surface area contributed by atoms with E-state index >= 15 is 0 Å². The third kappa shape index (κ3) is 5.21. The van der Waals surface area contributed by atoms with Gasteiger partial charge in [0.2, 0.25) is 0 Å². The number of halogens is 1. The fourth-order valence-corrected chi connectivity index (χ4v) is 4.82. The van der Waals surface area contributed by atoms with Crippen molar-refractivity contribution >= 4 is 33.7 Å². The number of nitrogens with zero attached hydrogens (tertiary/aromatic N) is 2. The van der Waals surface area contributed by atoms with Crippen LogP contribution in [0.5, 0.6) is 5.75 Å². The number of fused-ring (bicyclic) bond motifs is 2. The van der Waals surface area contributed by atoms with Crippen LogP contribution in [-0.2, 0) is 11.2 Å². The van der Waals surface area contributed by atoms with E-state index in [1.54, 1.807) is 18.2 Å². The standard InChI is InChI=1S/C27H28FN3O5/c1-34-27(33)35-20-6-8-21-18(17-29-23(21)15-20)4-2-3-9-30-10-12-31(13-11-30)24-16-26(32)36-25-14-19(28)5-7-22(24)25/h5-8,14-17,29H,2-4,9-13H2,1H3. The highest BCUT2D eigenvalue weighted by molar-refractivity contribution is 5.90. The molecule has 1 aliphatic heterocycles. The van der Waals surface area contributed by atoms with Gasteiger partial charge in [-0.3, -0.25) is 4.90 Å². The molecule has 0 atom stereocenters. The van der Waals surface area contributed by atoms with Gasteiger partial charge >= 0.3 is 11.8 Å². The van der Waals surface area contributed by atoms with Crippen LogP contribution in [0.1, 0.15) is 18.4 Å². The first-order valence-corrected chi connectivity index (χ1v) is 12.1. The lowest BCUT2D eigenvalue weighted by atomic mass is 10.1. The van der Waals surface area contributed by atoms with Gasteiger partial charge in [0.15, 0.2) is 0 Å². The number of hydrogen-bond acceptors (Lipinski definition) is 7. The summed E-state index contributed by atoms with van der Waals surface area (Å²) in [6, 6.07) is 11.4. The number of hydrogen-bond donors (Lipinski definition) is 1. The Kier molecular flexibility index (Phi) is 6.90. The minimum Gasteiger partial charge on any atom is -0.437 e. The van der Waals surface area contributed by atoms with Crippen molar-refractivity contribution in [2.24, 2.45) is 0 Å². The summed E-state index contributed by atoms with van der Waals surface area (Å²) in [5.74, 6) is 0.0241. The van der Waals surface area contributed by atoms with E-state index in [1.165, 1.54) is 30.9 Å². The van der Waals surface area contributed by atoms with Crippen molar-refractivity contribution in [2.45, 2.75) is 19.3 Å². The first-order chi connectivity index (χ1) is 17.5. The van der Waals surface area contributed by atoms with E-state index in [-0.39, 0.29) is 5.58 Å². The van der Waals surface area contributed by atoms with Crippen LogP contribution < -0.4 is 15.3 Å². The fraction of sp³-hybridized carbons (Fsp3) is 0.333. The Morgan fingerprint density at radius 3 is 2.67 bits per heavy atom. The number of anilines is 1. The van der Waals surface area contributed by atoms with Crippen LogP contribution in [0.25, 0.3) is 21.9 Å². The van der Waals surface area contributed by atoms with Gasteiger partial charge in [-0.1, -0.05) is 0 Å². The second-order valence-corrected chi connectivity index (χ2v) is 8.95. The maximum absolute atomic E-state index is 13.6.